The molecule has 1 aromatic carbocycles. The Morgan fingerprint density at radius 1 is 1.17 bits per heavy atom. The summed E-state index contributed by atoms with van der Waals surface area (Å²) >= 11 is 0. The van der Waals surface area contributed by atoms with Crippen molar-refractivity contribution in [1.82, 2.24) is 10.2 Å². The summed E-state index contributed by atoms with van der Waals surface area (Å²) in [4.78, 5) is 11.2. The Morgan fingerprint density at radius 3 is 2.67 bits per heavy atom. The van der Waals surface area contributed by atoms with Crippen LogP contribution in [0.2, 0.25) is 0 Å². The molecule has 12 heavy (non-hydrogen) atoms. The SMILES string of the molecule is Cc1cc(C)c2c(=O)[nH][nH]c2c1. The van der Waals surface area contributed by atoms with Crippen LogP contribution in [0.15, 0.2) is 16.9 Å². The average Bonchev–Trinajstić information content (AvgIpc) is 2.31. The van der Waals surface area contributed by atoms with Crippen molar-refractivity contribution in [2.75, 3.05) is 0 Å². The Morgan fingerprint density at radius 2 is 1.92 bits per heavy atom. The van der Waals surface area contributed by atoms with E-state index in [1.54, 1.807) is 0 Å². The third kappa shape index (κ3) is 0.863. The van der Waals surface area contributed by atoms with E-state index in [1.165, 1.54) is 0 Å². The molecule has 2 rings (SSSR count). The fourth-order valence-corrected chi connectivity index (χ4v) is 1.55. The van der Waals surface area contributed by atoms with Gasteiger partial charge in [0, 0.05) is 0 Å². The zero-order chi connectivity index (χ0) is 8.72. The van der Waals surface area contributed by atoms with Gasteiger partial charge in [0.1, 0.15) is 0 Å². The lowest BCUT2D eigenvalue weighted by atomic mass is 10.1. The summed E-state index contributed by atoms with van der Waals surface area (Å²) < 4.78 is 0. The molecular formula is C9H10N2O. The van der Waals surface area contributed by atoms with Gasteiger partial charge in [-0.3, -0.25) is 15.0 Å². The normalized spacial score (nSPS) is 10.8. The van der Waals surface area contributed by atoms with E-state index in [1.807, 2.05) is 26.0 Å². The molecule has 0 aliphatic carbocycles. The van der Waals surface area contributed by atoms with E-state index >= 15 is 0 Å². The van der Waals surface area contributed by atoms with Crippen LogP contribution in [0.1, 0.15) is 11.1 Å². The van der Waals surface area contributed by atoms with Gasteiger partial charge in [-0.2, -0.15) is 0 Å². The van der Waals surface area contributed by atoms with Crippen LogP contribution in [0.5, 0.6) is 0 Å². The predicted molar refractivity (Wildman–Crippen MR) is 48.4 cm³/mol. The number of aromatic amines is 2. The minimum Gasteiger partial charge on any atom is -0.298 e. The van der Waals surface area contributed by atoms with Crippen LogP contribution in [0.4, 0.5) is 0 Å². The summed E-state index contributed by atoms with van der Waals surface area (Å²) in [6.45, 7) is 3.95. The van der Waals surface area contributed by atoms with Crippen LogP contribution in [0, 0.1) is 13.8 Å². The average molecular weight is 162 g/mol. The monoisotopic (exact) mass is 162 g/mol. The Kier molecular flexibility index (Phi) is 1.33. The van der Waals surface area contributed by atoms with Crippen molar-refractivity contribution in [3.63, 3.8) is 0 Å². The van der Waals surface area contributed by atoms with Gasteiger partial charge in [-0.05, 0) is 31.0 Å². The summed E-state index contributed by atoms with van der Waals surface area (Å²) in [5.41, 5.74) is 3.03. The van der Waals surface area contributed by atoms with Crippen LogP contribution < -0.4 is 5.56 Å². The second-order valence-corrected chi connectivity index (χ2v) is 3.08. The lowest BCUT2D eigenvalue weighted by molar-refractivity contribution is 1.08. The molecule has 0 spiro atoms. The van der Waals surface area contributed by atoms with Gasteiger partial charge in [-0.1, -0.05) is 6.07 Å². The molecule has 0 atom stereocenters. The molecule has 0 aliphatic heterocycles. The van der Waals surface area contributed by atoms with Gasteiger partial charge in [-0.15, -0.1) is 0 Å². The molecule has 0 aliphatic rings. The van der Waals surface area contributed by atoms with Crippen molar-refractivity contribution >= 4 is 10.9 Å². The highest BCUT2D eigenvalue weighted by atomic mass is 16.1. The number of fused-ring (bicyclic) bond motifs is 1. The van der Waals surface area contributed by atoms with Gasteiger partial charge in [0.05, 0.1) is 10.9 Å². The number of aromatic nitrogens is 2. The zero-order valence-electron chi connectivity index (χ0n) is 7.06. The number of nitrogens with one attached hydrogen (secondary N) is 2. The molecule has 62 valence electrons. The number of H-pyrrole nitrogens is 2. The molecule has 2 aromatic rings. The highest BCUT2D eigenvalue weighted by molar-refractivity contribution is 5.81. The van der Waals surface area contributed by atoms with E-state index in [0.29, 0.717) is 0 Å². The molecule has 0 amide bonds. The number of hydrogen-bond donors (Lipinski definition) is 2. The Labute approximate surface area is 69.4 Å². The quantitative estimate of drug-likeness (QED) is 0.605. The number of rotatable bonds is 0. The Hall–Kier alpha value is -1.51. The standard InChI is InChI=1S/C9H10N2O/c1-5-3-6(2)8-7(4-5)10-11-9(8)12/h3-4H,1-2H3,(H2,10,11,12). The second kappa shape index (κ2) is 2.24. The molecule has 0 bridgehead atoms. The lowest BCUT2D eigenvalue weighted by Crippen LogP contribution is -1.99. The summed E-state index contributed by atoms with van der Waals surface area (Å²) in [7, 11) is 0. The first-order chi connectivity index (χ1) is 5.68. The molecule has 0 saturated heterocycles. The maximum absolute atomic E-state index is 11.2. The molecule has 2 N–H and O–H groups in total. The van der Waals surface area contributed by atoms with Gasteiger partial charge in [0.15, 0.2) is 0 Å². The summed E-state index contributed by atoms with van der Waals surface area (Å²) in [6.07, 6.45) is 0. The second-order valence-electron chi connectivity index (χ2n) is 3.08. The van der Waals surface area contributed by atoms with Crippen molar-refractivity contribution in [1.29, 1.82) is 0 Å². The minimum absolute atomic E-state index is 0.0394. The first-order valence-electron chi connectivity index (χ1n) is 3.86. The largest absolute Gasteiger partial charge is 0.298 e. The maximum atomic E-state index is 11.2. The van der Waals surface area contributed by atoms with Gasteiger partial charge in [0.2, 0.25) is 0 Å². The van der Waals surface area contributed by atoms with E-state index in [0.717, 1.165) is 22.0 Å². The molecule has 0 fully saturated rings. The van der Waals surface area contributed by atoms with Crippen molar-refractivity contribution < 1.29 is 0 Å². The van der Waals surface area contributed by atoms with Crippen molar-refractivity contribution in [3.8, 4) is 0 Å². The minimum atomic E-state index is -0.0394. The number of aryl methyl sites for hydroxylation is 2. The van der Waals surface area contributed by atoms with E-state index in [4.69, 9.17) is 0 Å². The highest BCUT2D eigenvalue weighted by Crippen LogP contribution is 2.13. The third-order valence-electron chi connectivity index (χ3n) is 2.02. The van der Waals surface area contributed by atoms with E-state index < -0.39 is 0 Å². The Balaban J connectivity index is 3.03. The fourth-order valence-electron chi connectivity index (χ4n) is 1.55. The Bertz CT molecular complexity index is 479. The molecular weight excluding hydrogens is 152 g/mol. The van der Waals surface area contributed by atoms with Crippen LogP contribution in [0.25, 0.3) is 10.9 Å². The predicted octanol–water partition coefficient (Wildman–Crippen LogP) is 1.47. The van der Waals surface area contributed by atoms with E-state index in [2.05, 4.69) is 10.2 Å². The molecule has 1 heterocycles. The van der Waals surface area contributed by atoms with Gasteiger partial charge >= 0.3 is 0 Å². The summed E-state index contributed by atoms with van der Waals surface area (Å²) in [6, 6.07) is 3.96. The van der Waals surface area contributed by atoms with E-state index in [-0.39, 0.29) is 5.56 Å². The smallest absolute Gasteiger partial charge is 0.272 e. The van der Waals surface area contributed by atoms with Gasteiger partial charge in [-0.25, -0.2) is 0 Å². The molecule has 0 saturated carbocycles. The van der Waals surface area contributed by atoms with Crippen LogP contribution in [-0.4, -0.2) is 10.2 Å². The van der Waals surface area contributed by atoms with Crippen molar-refractivity contribution in [2.24, 2.45) is 0 Å². The molecule has 1 aromatic heterocycles. The first kappa shape index (κ1) is 7.16. The lowest BCUT2D eigenvalue weighted by Gasteiger charge is -1.95. The first-order valence-corrected chi connectivity index (χ1v) is 3.86. The summed E-state index contributed by atoms with van der Waals surface area (Å²) in [5, 5.41) is 6.16. The molecule has 3 nitrogen and oxygen atoms in total. The highest BCUT2D eigenvalue weighted by Gasteiger charge is 2.03. The van der Waals surface area contributed by atoms with Crippen molar-refractivity contribution in [3.05, 3.63) is 33.6 Å². The van der Waals surface area contributed by atoms with Crippen LogP contribution in [0.3, 0.4) is 0 Å². The number of benzene rings is 1. The summed E-state index contributed by atoms with van der Waals surface area (Å²) in [5.74, 6) is 0. The molecule has 3 heteroatoms. The zero-order valence-corrected chi connectivity index (χ0v) is 7.06. The van der Waals surface area contributed by atoms with Crippen LogP contribution >= 0.6 is 0 Å². The van der Waals surface area contributed by atoms with E-state index in [9.17, 15) is 4.79 Å². The van der Waals surface area contributed by atoms with Gasteiger partial charge in [0.25, 0.3) is 5.56 Å². The number of hydrogen-bond acceptors (Lipinski definition) is 1. The fraction of sp³-hybridized carbons (Fsp3) is 0.222. The van der Waals surface area contributed by atoms with Gasteiger partial charge < -0.3 is 0 Å². The molecule has 0 unspecified atom stereocenters. The topological polar surface area (TPSA) is 48.6 Å². The van der Waals surface area contributed by atoms with Crippen molar-refractivity contribution in [2.45, 2.75) is 13.8 Å². The third-order valence-corrected chi connectivity index (χ3v) is 2.02. The molecule has 0 radical (unpaired) electrons. The van der Waals surface area contributed by atoms with Crippen LogP contribution in [-0.2, 0) is 0 Å². The maximum Gasteiger partial charge on any atom is 0.272 e.